The van der Waals surface area contributed by atoms with Crippen molar-refractivity contribution in [3.8, 4) is 0 Å². The summed E-state index contributed by atoms with van der Waals surface area (Å²) < 4.78 is 0. The molecule has 3 unspecified atom stereocenters. The van der Waals surface area contributed by atoms with Crippen molar-refractivity contribution in [3.05, 3.63) is 0 Å². The van der Waals surface area contributed by atoms with E-state index in [9.17, 15) is 0 Å². The third-order valence-electron chi connectivity index (χ3n) is 5.52. The Labute approximate surface area is 120 Å². The van der Waals surface area contributed by atoms with Crippen LogP contribution in [0.3, 0.4) is 0 Å². The molecule has 0 heterocycles. The Morgan fingerprint density at radius 3 is 2.42 bits per heavy atom. The van der Waals surface area contributed by atoms with E-state index in [1.807, 2.05) is 0 Å². The summed E-state index contributed by atoms with van der Waals surface area (Å²) in [4.78, 5) is 2.53. The molecule has 0 aromatic heterocycles. The normalized spacial score (nSPS) is 31.4. The predicted molar refractivity (Wildman–Crippen MR) is 83.5 cm³/mol. The molecule has 3 atom stereocenters. The Morgan fingerprint density at radius 2 is 1.68 bits per heavy atom. The van der Waals surface area contributed by atoms with Gasteiger partial charge in [-0.1, -0.05) is 39.5 Å². The molecule has 2 aliphatic carbocycles. The van der Waals surface area contributed by atoms with Crippen molar-refractivity contribution >= 4 is 0 Å². The predicted octanol–water partition coefficient (Wildman–Crippen LogP) is 3.67. The highest BCUT2D eigenvalue weighted by Gasteiger charge is 2.31. The SMILES string of the molecule is CCN(CC)CCCNC1CCC2CCCCC2C1. The van der Waals surface area contributed by atoms with Gasteiger partial charge in [-0.2, -0.15) is 0 Å². The molecule has 0 amide bonds. The van der Waals surface area contributed by atoms with E-state index in [1.165, 1.54) is 77.5 Å². The summed E-state index contributed by atoms with van der Waals surface area (Å²) in [6.07, 6.45) is 11.8. The van der Waals surface area contributed by atoms with E-state index in [0.29, 0.717) is 0 Å². The first kappa shape index (κ1) is 15.3. The molecule has 2 aliphatic rings. The van der Waals surface area contributed by atoms with Gasteiger partial charge in [0.15, 0.2) is 0 Å². The maximum Gasteiger partial charge on any atom is 0.00699 e. The Balaban J connectivity index is 1.59. The van der Waals surface area contributed by atoms with Gasteiger partial charge in [0.1, 0.15) is 0 Å². The van der Waals surface area contributed by atoms with Crippen LogP contribution in [-0.4, -0.2) is 37.1 Å². The largest absolute Gasteiger partial charge is 0.314 e. The van der Waals surface area contributed by atoms with Gasteiger partial charge in [0, 0.05) is 6.04 Å². The summed E-state index contributed by atoms with van der Waals surface area (Å²) in [6, 6.07) is 0.830. The standard InChI is InChI=1S/C17H34N2/c1-3-19(4-2)13-7-12-18-17-11-10-15-8-5-6-9-16(15)14-17/h15-18H,3-14H2,1-2H3. The van der Waals surface area contributed by atoms with Gasteiger partial charge < -0.3 is 10.2 Å². The fourth-order valence-corrected chi connectivity index (χ4v) is 4.21. The first-order valence-corrected chi connectivity index (χ1v) is 8.79. The van der Waals surface area contributed by atoms with Gasteiger partial charge in [-0.05, 0) is 63.7 Å². The lowest BCUT2D eigenvalue weighted by Gasteiger charge is -2.39. The zero-order chi connectivity index (χ0) is 13.5. The van der Waals surface area contributed by atoms with Crippen molar-refractivity contribution < 1.29 is 0 Å². The van der Waals surface area contributed by atoms with Crippen LogP contribution < -0.4 is 5.32 Å². The molecule has 1 N–H and O–H groups in total. The fourth-order valence-electron chi connectivity index (χ4n) is 4.21. The van der Waals surface area contributed by atoms with E-state index in [4.69, 9.17) is 0 Å². The monoisotopic (exact) mass is 266 g/mol. The van der Waals surface area contributed by atoms with Crippen LogP contribution in [0.2, 0.25) is 0 Å². The van der Waals surface area contributed by atoms with Crippen molar-refractivity contribution in [3.63, 3.8) is 0 Å². The van der Waals surface area contributed by atoms with Gasteiger partial charge in [-0.25, -0.2) is 0 Å². The third kappa shape index (κ3) is 4.75. The van der Waals surface area contributed by atoms with Gasteiger partial charge in [-0.3, -0.25) is 0 Å². The molecule has 19 heavy (non-hydrogen) atoms. The van der Waals surface area contributed by atoms with Crippen LogP contribution in [0.4, 0.5) is 0 Å². The minimum atomic E-state index is 0.830. The zero-order valence-electron chi connectivity index (χ0n) is 13.2. The molecular weight excluding hydrogens is 232 g/mol. The average Bonchev–Trinajstić information content (AvgIpc) is 2.47. The van der Waals surface area contributed by atoms with Crippen LogP contribution in [-0.2, 0) is 0 Å². The van der Waals surface area contributed by atoms with Crippen LogP contribution in [0, 0.1) is 11.8 Å². The van der Waals surface area contributed by atoms with Crippen molar-refractivity contribution in [2.24, 2.45) is 11.8 Å². The van der Waals surface area contributed by atoms with Crippen molar-refractivity contribution in [2.75, 3.05) is 26.2 Å². The molecule has 0 saturated heterocycles. The second-order valence-corrected chi connectivity index (χ2v) is 6.65. The summed E-state index contributed by atoms with van der Waals surface area (Å²) >= 11 is 0. The van der Waals surface area contributed by atoms with Gasteiger partial charge >= 0.3 is 0 Å². The van der Waals surface area contributed by atoms with E-state index < -0.39 is 0 Å². The van der Waals surface area contributed by atoms with Gasteiger partial charge in [0.2, 0.25) is 0 Å². The Bertz CT molecular complexity index is 237. The smallest absolute Gasteiger partial charge is 0.00699 e. The summed E-state index contributed by atoms with van der Waals surface area (Å²) in [6.45, 7) is 9.41. The molecule has 2 saturated carbocycles. The van der Waals surface area contributed by atoms with E-state index in [1.54, 1.807) is 0 Å². The number of nitrogens with one attached hydrogen (secondary N) is 1. The second kappa shape index (κ2) is 8.26. The first-order chi connectivity index (χ1) is 9.33. The number of fused-ring (bicyclic) bond motifs is 1. The van der Waals surface area contributed by atoms with E-state index in [0.717, 1.165) is 17.9 Å². The molecule has 0 spiro atoms. The van der Waals surface area contributed by atoms with Crippen LogP contribution in [0.1, 0.15) is 65.2 Å². The lowest BCUT2D eigenvalue weighted by molar-refractivity contribution is 0.143. The summed E-state index contributed by atoms with van der Waals surface area (Å²) in [5, 5.41) is 3.83. The third-order valence-corrected chi connectivity index (χ3v) is 5.52. The maximum atomic E-state index is 3.83. The Kier molecular flexibility index (Phi) is 6.66. The minimum absolute atomic E-state index is 0.830. The van der Waals surface area contributed by atoms with E-state index >= 15 is 0 Å². The van der Waals surface area contributed by atoms with Crippen LogP contribution in [0.5, 0.6) is 0 Å². The maximum absolute atomic E-state index is 3.83. The number of rotatable bonds is 7. The Morgan fingerprint density at radius 1 is 0.947 bits per heavy atom. The topological polar surface area (TPSA) is 15.3 Å². The molecule has 2 rings (SSSR count). The quantitative estimate of drug-likeness (QED) is 0.707. The molecule has 2 nitrogen and oxygen atoms in total. The summed E-state index contributed by atoms with van der Waals surface area (Å²) in [5.41, 5.74) is 0. The highest BCUT2D eigenvalue weighted by atomic mass is 15.1. The molecule has 0 radical (unpaired) electrons. The zero-order valence-corrected chi connectivity index (χ0v) is 13.2. The number of hydrogen-bond acceptors (Lipinski definition) is 2. The molecular formula is C17H34N2. The highest BCUT2D eigenvalue weighted by Crippen LogP contribution is 2.40. The molecule has 2 heteroatoms. The van der Waals surface area contributed by atoms with Crippen LogP contribution >= 0.6 is 0 Å². The average molecular weight is 266 g/mol. The highest BCUT2D eigenvalue weighted by molar-refractivity contribution is 4.86. The molecule has 0 bridgehead atoms. The summed E-state index contributed by atoms with van der Waals surface area (Å²) in [5.74, 6) is 2.14. The van der Waals surface area contributed by atoms with Crippen LogP contribution in [0.25, 0.3) is 0 Å². The van der Waals surface area contributed by atoms with E-state index in [-0.39, 0.29) is 0 Å². The molecule has 0 aromatic carbocycles. The molecule has 2 fully saturated rings. The van der Waals surface area contributed by atoms with Crippen molar-refractivity contribution in [2.45, 2.75) is 71.3 Å². The summed E-state index contributed by atoms with van der Waals surface area (Å²) in [7, 11) is 0. The second-order valence-electron chi connectivity index (χ2n) is 6.65. The number of hydrogen-bond donors (Lipinski definition) is 1. The lowest BCUT2D eigenvalue weighted by atomic mass is 9.69. The molecule has 112 valence electrons. The molecule has 0 aromatic rings. The van der Waals surface area contributed by atoms with E-state index in [2.05, 4.69) is 24.1 Å². The van der Waals surface area contributed by atoms with Crippen LogP contribution in [0.15, 0.2) is 0 Å². The molecule has 0 aliphatic heterocycles. The minimum Gasteiger partial charge on any atom is -0.314 e. The van der Waals surface area contributed by atoms with Crippen molar-refractivity contribution in [1.29, 1.82) is 0 Å². The Hall–Kier alpha value is -0.0800. The lowest BCUT2D eigenvalue weighted by Crippen LogP contribution is -2.39. The van der Waals surface area contributed by atoms with Gasteiger partial charge in [0.25, 0.3) is 0 Å². The van der Waals surface area contributed by atoms with Gasteiger partial charge in [0.05, 0.1) is 0 Å². The fraction of sp³-hybridized carbons (Fsp3) is 1.00. The number of nitrogens with zero attached hydrogens (tertiary/aromatic N) is 1. The van der Waals surface area contributed by atoms with Gasteiger partial charge in [-0.15, -0.1) is 0 Å². The van der Waals surface area contributed by atoms with Crippen molar-refractivity contribution in [1.82, 2.24) is 10.2 Å². The first-order valence-electron chi connectivity index (χ1n) is 8.79.